The van der Waals surface area contributed by atoms with E-state index in [-0.39, 0.29) is 31.6 Å². The SMILES string of the molecule is COCC(=O)Nc1ccc([C@@H](O)[C@H]2COCC(=O)N2Cc2ccccc2)cc1. The number of hydrogen-bond donors (Lipinski definition) is 2. The van der Waals surface area contributed by atoms with Crippen molar-refractivity contribution in [3.05, 3.63) is 65.7 Å². The molecule has 2 N–H and O–H groups in total. The van der Waals surface area contributed by atoms with Crippen LogP contribution < -0.4 is 5.32 Å². The maximum Gasteiger partial charge on any atom is 0.250 e. The van der Waals surface area contributed by atoms with E-state index in [1.54, 1.807) is 29.2 Å². The fourth-order valence-corrected chi connectivity index (χ4v) is 3.19. The van der Waals surface area contributed by atoms with Gasteiger partial charge in [-0.1, -0.05) is 42.5 Å². The number of methoxy groups -OCH3 is 1. The largest absolute Gasteiger partial charge is 0.386 e. The zero-order chi connectivity index (χ0) is 19.9. The highest BCUT2D eigenvalue weighted by Gasteiger charge is 2.34. The Bertz CT molecular complexity index is 794. The molecule has 148 valence electrons. The van der Waals surface area contributed by atoms with E-state index in [1.807, 2.05) is 30.3 Å². The lowest BCUT2D eigenvalue weighted by Crippen LogP contribution is -2.51. The molecule has 0 aliphatic carbocycles. The lowest BCUT2D eigenvalue weighted by molar-refractivity contribution is -0.155. The van der Waals surface area contributed by atoms with E-state index in [9.17, 15) is 14.7 Å². The van der Waals surface area contributed by atoms with Crippen LogP contribution >= 0.6 is 0 Å². The Labute approximate surface area is 163 Å². The number of anilines is 1. The summed E-state index contributed by atoms with van der Waals surface area (Å²) in [4.78, 5) is 25.7. The summed E-state index contributed by atoms with van der Waals surface area (Å²) in [6, 6.07) is 16.0. The fraction of sp³-hybridized carbons (Fsp3) is 0.333. The minimum atomic E-state index is -0.906. The van der Waals surface area contributed by atoms with Crippen LogP contribution in [0, 0.1) is 0 Å². The average Bonchev–Trinajstić information content (AvgIpc) is 2.70. The van der Waals surface area contributed by atoms with E-state index in [0.717, 1.165) is 5.56 Å². The minimum Gasteiger partial charge on any atom is -0.386 e. The second-order valence-electron chi connectivity index (χ2n) is 6.64. The van der Waals surface area contributed by atoms with Crippen molar-refractivity contribution in [1.29, 1.82) is 0 Å². The van der Waals surface area contributed by atoms with Gasteiger partial charge in [0.05, 0.1) is 12.6 Å². The van der Waals surface area contributed by atoms with Crippen LogP contribution in [0.2, 0.25) is 0 Å². The van der Waals surface area contributed by atoms with E-state index in [2.05, 4.69) is 5.32 Å². The number of aliphatic hydroxyl groups excluding tert-OH is 1. The molecule has 0 saturated carbocycles. The monoisotopic (exact) mass is 384 g/mol. The summed E-state index contributed by atoms with van der Waals surface area (Å²) in [5.41, 5.74) is 2.24. The number of amides is 2. The Kier molecular flexibility index (Phi) is 6.76. The van der Waals surface area contributed by atoms with E-state index >= 15 is 0 Å². The molecule has 2 amide bonds. The van der Waals surface area contributed by atoms with Gasteiger partial charge < -0.3 is 24.8 Å². The summed E-state index contributed by atoms with van der Waals surface area (Å²) in [7, 11) is 1.45. The van der Waals surface area contributed by atoms with Crippen molar-refractivity contribution in [3.63, 3.8) is 0 Å². The van der Waals surface area contributed by atoms with Crippen LogP contribution in [0.4, 0.5) is 5.69 Å². The first-order valence-electron chi connectivity index (χ1n) is 9.06. The van der Waals surface area contributed by atoms with Crippen molar-refractivity contribution in [2.24, 2.45) is 0 Å². The van der Waals surface area contributed by atoms with Gasteiger partial charge in [0.25, 0.3) is 0 Å². The number of carbonyl (C=O) groups is 2. The Balaban J connectivity index is 1.72. The maximum absolute atomic E-state index is 12.4. The van der Waals surface area contributed by atoms with Gasteiger partial charge in [-0.15, -0.1) is 0 Å². The number of hydrogen-bond acceptors (Lipinski definition) is 5. The third-order valence-corrected chi connectivity index (χ3v) is 4.61. The third-order valence-electron chi connectivity index (χ3n) is 4.61. The van der Waals surface area contributed by atoms with Crippen molar-refractivity contribution >= 4 is 17.5 Å². The summed E-state index contributed by atoms with van der Waals surface area (Å²) < 4.78 is 10.2. The van der Waals surface area contributed by atoms with Gasteiger partial charge in [-0.25, -0.2) is 0 Å². The van der Waals surface area contributed by atoms with Crippen molar-refractivity contribution in [3.8, 4) is 0 Å². The van der Waals surface area contributed by atoms with Crippen LogP contribution in [0.5, 0.6) is 0 Å². The summed E-state index contributed by atoms with van der Waals surface area (Å²) in [6.45, 7) is 0.656. The highest BCUT2D eigenvalue weighted by atomic mass is 16.5. The van der Waals surface area contributed by atoms with Crippen LogP contribution in [0.1, 0.15) is 17.2 Å². The normalized spacial score (nSPS) is 18.0. The number of morpholine rings is 1. The first-order chi connectivity index (χ1) is 13.6. The molecule has 2 atom stereocenters. The molecule has 0 unspecified atom stereocenters. The Morgan fingerprint density at radius 2 is 1.96 bits per heavy atom. The van der Waals surface area contributed by atoms with Gasteiger partial charge >= 0.3 is 0 Å². The van der Waals surface area contributed by atoms with Gasteiger partial charge in [0.2, 0.25) is 11.8 Å². The quantitative estimate of drug-likeness (QED) is 0.759. The molecule has 1 saturated heterocycles. The number of nitrogens with one attached hydrogen (secondary N) is 1. The second kappa shape index (κ2) is 9.45. The van der Waals surface area contributed by atoms with E-state index in [0.29, 0.717) is 17.8 Å². The smallest absolute Gasteiger partial charge is 0.250 e. The summed E-state index contributed by atoms with van der Waals surface area (Å²) in [6.07, 6.45) is -0.906. The molecular formula is C21H24N2O5. The van der Waals surface area contributed by atoms with Crippen LogP contribution in [0.25, 0.3) is 0 Å². The molecule has 7 nitrogen and oxygen atoms in total. The molecular weight excluding hydrogens is 360 g/mol. The van der Waals surface area contributed by atoms with Crippen LogP contribution in [-0.2, 0) is 25.6 Å². The highest BCUT2D eigenvalue weighted by Crippen LogP contribution is 2.26. The molecule has 1 aliphatic heterocycles. The average molecular weight is 384 g/mol. The molecule has 2 aromatic rings. The number of benzene rings is 2. The molecule has 1 aliphatic rings. The zero-order valence-corrected chi connectivity index (χ0v) is 15.7. The number of nitrogens with zero attached hydrogens (tertiary/aromatic N) is 1. The van der Waals surface area contributed by atoms with Crippen LogP contribution in [0.15, 0.2) is 54.6 Å². The molecule has 1 fully saturated rings. The first-order valence-corrected chi connectivity index (χ1v) is 9.06. The van der Waals surface area contributed by atoms with E-state index < -0.39 is 12.1 Å². The number of carbonyl (C=O) groups excluding carboxylic acids is 2. The Morgan fingerprint density at radius 3 is 2.64 bits per heavy atom. The summed E-state index contributed by atoms with van der Waals surface area (Å²) in [5.74, 6) is -0.404. The lowest BCUT2D eigenvalue weighted by atomic mass is 9.99. The second-order valence-corrected chi connectivity index (χ2v) is 6.64. The van der Waals surface area contributed by atoms with Crippen molar-refractivity contribution in [2.75, 3.05) is 32.2 Å². The lowest BCUT2D eigenvalue weighted by Gasteiger charge is -2.38. The van der Waals surface area contributed by atoms with Crippen LogP contribution in [-0.4, -0.2) is 54.8 Å². The Morgan fingerprint density at radius 1 is 1.25 bits per heavy atom. The number of ether oxygens (including phenoxy) is 2. The molecule has 2 aromatic carbocycles. The fourth-order valence-electron chi connectivity index (χ4n) is 3.19. The third kappa shape index (κ3) is 4.95. The van der Waals surface area contributed by atoms with Crippen molar-refractivity contribution < 1.29 is 24.2 Å². The highest BCUT2D eigenvalue weighted by molar-refractivity contribution is 5.91. The van der Waals surface area contributed by atoms with Gasteiger partial charge in [-0.3, -0.25) is 9.59 Å². The van der Waals surface area contributed by atoms with E-state index in [4.69, 9.17) is 9.47 Å². The molecule has 0 radical (unpaired) electrons. The Hall–Kier alpha value is -2.74. The standard InChI is InChI=1S/C21H24N2O5/c1-27-13-19(24)22-17-9-7-16(8-10-17)21(26)18-12-28-14-20(25)23(18)11-15-5-3-2-4-6-15/h2-10,18,21,26H,11-14H2,1H3,(H,22,24)/t18-,21-/m1/s1. The molecule has 28 heavy (non-hydrogen) atoms. The minimum absolute atomic E-state index is 0.0144. The molecule has 7 heteroatoms. The van der Waals surface area contributed by atoms with Gasteiger partial charge in [-0.2, -0.15) is 0 Å². The predicted octanol–water partition coefficient (Wildman–Crippen LogP) is 1.73. The van der Waals surface area contributed by atoms with Gasteiger partial charge in [0.1, 0.15) is 19.3 Å². The van der Waals surface area contributed by atoms with Gasteiger partial charge in [0.15, 0.2) is 0 Å². The molecule has 0 bridgehead atoms. The van der Waals surface area contributed by atoms with Crippen molar-refractivity contribution in [1.82, 2.24) is 4.90 Å². The zero-order valence-electron chi connectivity index (χ0n) is 15.7. The molecule has 0 spiro atoms. The number of aliphatic hydroxyl groups is 1. The topological polar surface area (TPSA) is 88.1 Å². The molecule has 3 rings (SSSR count). The van der Waals surface area contributed by atoms with Gasteiger partial charge in [0, 0.05) is 19.3 Å². The first kappa shape index (κ1) is 20.0. The summed E-state index contributed by atoms with van der Waals surface area (Å²) >= 11 is 0. The maximum atomic E-state index is 12.4. The molecule has 1 heterocycles. The predicted molar refractivity (Wildman–Crippen MR) is 104 cm³/mol. The number of rotatable bonds is 7. The van der Waals surface area contributed by atoms with E-state index in [1.165, 1.54) is 7.11 Å². The van der Waals surface area contributed by atoms with Crippen molar-refractivity contribution in [2.45, 2.75) is 18.7 Å². The van der Waals surface area contributed by atoms with Crippen LogP contribution in [0.3, 0.4) is 0 Å². The summed E-state index contributed by atoms with van der Waals surface area (Å²) in [5, 5.41) is 13.6. The van der Waals surface area contributed by atoms with Gasteiger partial charge in [-0.05, 0) is 23.3 Å². The molecule has 0 aromatic heterocycles.